The van der Waals surface area contributed by atoms with E-state index >= 15 is 0 Å². The monoisotopic (exact) mass is 241 g/mol. The van der Waals surface area contributed by atoms with Gasteiger partial charge in [-0.15, -0.1) is 0 Å². The highest BCUT2D eigenvalue weighted by atomic mass is 35.5. The molecule has 0 bridgehead atoms. The Bertz CT molecular complexity index is 501. The molecule has 0 aliphatic rings. The van der Waals surface area contributed by atoms with E-state index in [1.807, 2.05) is 0 Å². The summed E-state index contributed by atoms with van der Waals surface area (Å²) in [5.74, 6) is 0.293. The zero-order valence-electron chi connectivity index (χ0n) is 8.50. The van der Waals surface area contributed by atoms with Gasteiger partial charge in [-0.2, -0.15) is 4.98 Å². The van der Waals surface area contributed by atoms with Crippen molar-refractivity contribution in [3.05, 3.63) is 34.9 Å². The summed E-state index contributed by atoms with van der Waals surface area (Å²) in [5, 5.41) is 6.69. The zero-order chi connectivity index (χ0) is 11.5. The summed E-state index contributed by atoms with van der Waals surface area (Å²) in [6, 6.07) is 4.34. The van der Waals surface area contributed by atoms with Crippen molar-refractivity contribution in [2.75, 3.05) is 7.05 Å². The summed E-state index contributed by atoms with van der Waals surface area (Å²) < 4.78 is 18.2. The number of hydrogen-bond donors (Lipinski definition) is 1. The lowest BCUT2D eigenvalue weighted by Crippen LogP contribution is -2.06. The first kappa shape index (κ1) is 11.0. The van der Waals surface area contributed by atoms with Gasteiger partial charge in [0.1, 0.15) is 5.82 Å². The maximum atomic E-state index is 13.2. The Morgan fingerprint density at radius 1 is 1.50 bits per heavy atom. The topological polar surface area (TPSA) is 51.0 Å². The lowest BCUT2D eigenvalue weighted by molar-refractivity contribution is 0.420. The maximum absolute atomic E-state index is 13.2. The summed E-state index contributed by atoms with van der Waals surface area (Å²) in [6.07, 6.45) is 0. The minimum atomic E-state index is -0.507. The molecule has 1 aromatic heterocycles. The average molecular weight is 242 g/mol. The molecule has 16 heavy (non-hydrogen) atoms. The standard InChI is InChI=1S/C10H9ClFN3O/c1-13-5-9-14-10(16-15-9)6-2-3-7(11)8(12)4-6/h2-4,13H,5H2,1H3. The van der Waals surface area contributed by atoms with E-state index in [2.05, 4.69) is 15.5 Å². The Kier molecular flexibility index (Phi) is 3.17. The third-order valence-electron chi connectivity index (χ3n) is 1.97. The molecule has 0 aliphatic heterocycles. The van der Waals surface area contributed by atoms with Crippen LogP contribution in [0.1, 0.15) is 5.82 Å². The predicted molar refractivity (Wildman–Crippen MR) is 57.5 cm³/mol. The summed E-state index contributed by atoms with van der Waals surface area (Å²) in [7, 11) is 1.78. The second-order valence-electron chi connectivity index (χ2n) is 3.17. The van der Waals surface area contributed by atoms with Crippen molar-refractivity contribution in [1.82, 2.24) is 15.5 Å². The first-order chi connectivity index (χ1) is 7.70. The van der Waals surface area contributed by atoms with Crippen molar-refractivity contribution in [2.24, 2.45) is 0 Å². The van der Waals surface area contributed by atoms with Crippen molar-refractivity contribution < 1.29 is 8.91 Å². The summed E-state index contributed by atoms with van der Waals surface area (Å²) in [6.45, 7) is 0.500. The molecular weight excluding hydrogens is 233 g/mol. The largest absolute Gasteiger partial charge is 0.334 e. The Labute approximate surface area is 96.4 Å². The molecule has 1 aromatic carbocycles. The molecule has 0 radical (unpaired) electrons. The fourth-order valence-corrected chi connectivity index (χ4v) is 1.35. The number of nitrogens with one attached hydrogen (secondary N) is 1. The van der Waals surface area contributed by atoms with Crippen molar-refractivity contribution in [3.63, 3.8) is 0 Å². The highest BCUT2D eigenvalue weighted by Crippen LogP contribution is 2.22. The third-order valence-corrected chi connectivity index (χ3v) is 2.28. The highest BCUT2D eigenvalue weighted by molar-refractivity contribution is 6.30. The predicted octanol–water partition coefficient (Wildman–Crippen LogP) is 2.25. The zero-order valence-corrected chi connectivity index (χ0v) is 9.25. The van der Waals surface area contributed by atoms with E-state index in [0.29, 0.717) is 17.9 Å². The van der Waals surface area contributed by atoms with Crippen LogP contribution in [0.4, 0.5) is 4.39 Å². The Morgan fingerprint density at radius 3 is 3.00 bits per heavy atom. The molecule has 0 saturated carbocycles. The first-order valence-corrected chi connectivity index (χ1v) is 5.01. The Hall–Kier alpha value is -1.46. The third kappa shape index (κ3) is 2.20. The number of hydrogen-bond acceptors (Lipinski definition) is 4. The molecule has 0 atom stereocenters. The van der Waals surface area contributed by atoms with Crippen LogP contribution in [0.2, 0.25) is 5.02 Å². The highest BCUT2D eigenvalue weighted by Gasteiger charge is 2.10. The lowest BCUT2D eigenvalue weighted by atomic mass is 10.2. The maximum Gasteiger partial charge on any atom is 0.258 e. The molecule has 2 rings (SSSR count). The molecule has 6 heteroatoms. The van der Waals surface area contributed by atoms with Crippen LogP contribution in [0.3, 0.4) is 0 Å². The smallest absolute Gasteiger partial charge is 0.258 e. The van der Waals surface area contributed by atoms with Gasteiger partial charge in [-0.3, -0.25) is 0 Å². The normalized spacial score (nSPS) is 10.7. The van der Waals surface area contributed by atoms with Gasteiger partial charge in [0.05, 0.1) is 11.6 Å². The molecule has 0 spiro atoms. The van der Waals surface area contributed by atoms with Crippen LogP contribution >= 0.6 is 11.6 Å². The van der Waals surface area contributed by atoms with Gasteiger partial charge in [-0.1, -0.05) is 16.8 Å². The Morgan fingerprint density at radius 2 is 2.31 bits per heavy atom. The number of nitrogens with zero attached hydrogens (tertiary/aromatic N) is 2. The lowest BCUT2D eigenvalue weighted by Gasteiger charge is -1.96. The van der Waals surface area contributed by atoms with Crippen molar-refractivity contribution in [2.45, 2.75) is 6.54 Å². The van der Waals surface area contributed by atoms with Gasteiger partial charge in [-0.05, 0) is 25.2 Å². The van der Waals surface area contributed by atoms with Crippen LogP contribution < -0.4 is 5.32 Å². The fraction of sp³-hybridized carbons (Fsp3) is 0.200. The van der Waals surface area contributed by atoms with Gasteiger partial charge in [0, 0.05) is 5.56 Å². The van der Waals surface area contributed by atoms with Crippen molar-refractivity contribution >= 4 is 11.6 Å². The van der Waals surface area contributed by atoms with Crippen molar-refractivity contribution in [3.8, 4) is 11.5 Å². The molecule has 4 nitrogen and oxygen atoms in total. The van der Waals surface area contributed by atoms with Crippen LogP contribution in [0.25, 0.3) is 11.5 Å². The summed E-state index contributed by atoms with van der Waals surface area (Å²) >= 11 is 5.57. The van der Waals surface area contributed by atoms with Crippen LogP contribution in [-0.2, 0) is 6.54 Å². The first-order valence-electron chi connectivity index (χ1n) is 4.63. The van der Waals surface area contributed by atoms with Gasteiger partial charge in [0.15, 0.2) is 5.82 Å². The average Bonchev–Trinajstić information content (AvgIpc) is 2.71. The quantitative estimate of drug-likeness (QED) is 0.896. The van der Waals surface area contributed by atoms with E-state index < -0.39 is 5.82 Å². The van der Waals surface area contributed by atoms with Crippen molar-refractivity contribution in [1.29, 1.82) is 0 Å². The van der Waals surface area contributed by atoms with E-state index in [-0.39, 0.29) is 10.9 Å². The van der Waals surface area contributed by atoms with Gasteiger partial charge in [0.25, 0.3) is 5.89 Å². The van der Waals surface area contributed by atoms with Gasteiger partial charge in [0.2, 0.25) is 0 Å². The van der Waals surface area contributed by atoms with Crippen LogP contribution in [0.5, 0.6) is 0 Å². The molecule has 2 aromatic rings. The van der Waals surface area contributed by atoms with Gasteiger partial charge >= 0.3 is 0 Å². The van der Waals surface area contributed by atoms with Gasteiger partial charge < -0.3 is 9.84 Å². The number of rotatable bonds is 3. The molecular formula is C10H9ClFN3O. The van der Waals surface area contributed by atoms with Crippen LogP contribution in [0.15, 0.2) is 22.7 Å². The number of benzene rings is 1. The van der Waals surface area contributed by atoms with E-state index in [4.69, 9.17) is 16.1 Å². The van der Waals surface area contributed by atoms with Crippen LogP contribution in [0, 0.1) is 5.82 Å². The van der Waals surface area contributed by atoms with E-state index in [0.717, 1.165) is 0 Å². The summed E-state index contributed by atoms with van der Waals surface area (Å²) in [4.78, 5) is 4.09. The number of halogens is 2. The van der Waals surface area contributed by atoms with E-state index in [1.165, 1.54) is 12.1 Å². The molecule has 1 N–H and O–H groups in total. The minimum Gasteiger partial charge on any atom is -0.334 e. The second kappa shape index (κ2) is 4.59. The SMILES string of the molecule is CNCc1noc(-c2ccc(Cl)c(F)c2)n1. The molecule has 0 fully saturated rings. The van der Waals surface area contributed by atoms with Crippen LogP contribution in [-0.4, -0.2) is 17.2 Å². The molecule has 84 valence electrons. The fourth-order valence-electron chi connectivity index (χ4n) is 1.23. The molecule has 1 heterocycles. The van der Waals surface area contributed by atoms with E-state index in [9.17, 15) is 4.39 Å². The minimum absolute atomic E-state index is 0.0683. The molecule has 0 saturated heterocycles. The second-order valence-corrected chi connectivity index (χ2v) is 3.58. The summed E-state index contributed by atoms with van der Waals surface area (Å²) in [5.41, 5.74) is 0.511. The molecule has 0 aliphatic carbocycles. The molecule has 0 unspecified atom stereocenters. The van der Waals surface area contributed by atoms with Gasteiger partial charge in [-0.25, -0.2) is 4.39 Å². The number of aromatic nitrogens is 2. The Balaban J connectivity index is 2.31. The molecule has 0 amide bonds. The van der Waals surface area contributed by atoms with E-state index in [1.54, 1.807) is 13.1 Å².